The number of imidazole rings is 1. The number of hydrogen-bond donors (Lipinski definition) is 3. The summed E-state index contributed by atoms with van der Waals surface area (Å²) < 4.78 is 7.60. The number of anilines is 1. The van der Waals surface area contributed by atoms with E-state index in [9.17, 15) is 4.79 Å². The fourth-order valence-electron chi connectivity index (χ4n) is 4.25. The van der Waals surface area contributed by atoms with E-state index in [0.717, 1.165) is 39.0 Å². The van der Waals surface area contributed by atoms with Crippen molar-refractivity contribution >= 4 is 33.5 Å². The van der Waals surface area contributed by atoms with Crippen LogP contribution >= 0.6 is 0 Å². The van der Waals surface area contributed by atoms with Crippen LogP contribution in [0.15, 0.2) is 79.0 Å². The summed E-state index contributed by atoms with van der Waals surface area (Å²) in [4.78, 5) is 24.2. The molecule has 6 rings (SSSR count). The standard InChI is InChI=1S/C27H22N6O2/c1-16-30-22-11-10-18(12-23(22)31-16)33-27(28)20(14-29-33)26(34)24-13-19-21(32-24)8-5-9-25(19)35-15-17-6-3-2-4-7-17/h2-14,32H,15,28H2,1H3,(H,30,31). The maximum atomic E-state index is 13.4. The Bertz CT molecular complexity index is 1690. The molecule has 0 unspecified atom stereocenters. The molecule has 3 aromatic carbocycles. The van der Waals surface area contributed by atoms with Gasteiger partial charge in [-0.05, 0) is 48.9 Å². The first kappa shape index (κ1) is 20.7. The van der Waals surface area contributed by atoms with Crippen molar-refractivity contribution < 1.29 is 9.53 Å². The molecule has 0 aliphatic carbocycles. The van der Waals surface area contributed by atoms with Crippen LogP contribution in [0, 0.1) is 6.92 Å². The number of aromatic nitrogens is 5. The minimum absolute atomic E-state index is 0.238. The third kappa shape index (κ3) is 3.71. The molecule has 3 aromatic heterocycles. The molecule has 0 aliphatic rings. The minimum Gasteiger partial charge on any atom is -0.488 e. The molecule has 0 saturated heterocycles. The molecule has 3 heterocycles. The Labute approximate surface area is 200 Å². The van der Waals surface area contributed by atoms with E-state index in [1.807, 2.05) is 73.7 Å². The number of aryl methyl sites for hydroxylation is 1. The van der Waals surface area contributed by atoms with E-state index in [4.69, 9.17) is 10.5 Å². The van der Waals surface area contributed by atoms with Crippen molar-refractivity contribution in [1.82, 2.24) is 24.7 Å². The number of benzene rings is 3. The summed E-state index contributed by atoms with van der Waals surface area (Å²) in [6.07, 6.45) is 1.50. The number of ketones is 1. The number of aromatic amines is 2. The lowest BCUT2D eigenvalue weighted by atomic mass is 10.1. The number of rotatable bonds is 6. The molecule has 0 amide bonds. The van der Waals surface area contributed by atoms with Gasteiger partial charge in [0.05, 0.1) is 34.2 Å². The van der Waals surface area contributed by atoms with E-state index >= 15 is 0 Å². The normalized spacial score (nSPS) is 11.3. The van der Waals surface area contributed by atoms with Crippen molar-refractivity contribution in [2.24, 2.45) is 0 Å². The third-order valence-corrected chi connectivity index (χ3v) is 5.99. The smallest absolute Gasteiger partial charge is 0.214 e. The lowest BCUT2D eigenvalue weighted by molar-refractivity contribution is 0.103. The number of carbonyl (C=O) groups excluding carboxylic acids is 1. The van der Waals surface area contributed by atoms with E-state index in [-0.39, 0.29) is 11.6 Å². The van der Waals surface area contributed by atoms with Gasteiger partial charge in [-0.1, -0.05) is 36.4 Å². The van der Waals surface area contributed by atoms with Gasteiger partial charge in [-0.3, -0.25) is 4.79 Å². The average Bonchev–Trinajstić information content (AvgIpc) is 3.58. The molecule has 0 spiro atoms. The molecule has 0 radical (unpaired) electrons. The highest BCUT2D eigenvalue weighted by Gasteiger charge is 2.21. The van der Waals surface area contributed by atoms with Crippen molar-refractivity contribution in [3.63, 3.8) is 0 Å². The lowest BCUT2D eigenvalue weighted by Crippen LogP contribution is -2.07. The van der Waals surface area contributed by atoms with Gasteiger partial charge in [0, 0.05) is 10.9 Å². The zero-order valence-electron chi connectivity index (χ0n) is 18.9. The molecule has 0 bridgehead atoms. The number of ether oxygens (including phenoxy) is 1. The van der Waals surface area contributed by atoms with Crippen molar-refractivity contribution in [1.29, 1.82) is 0 Å². The Hall–Kier alpha value is -4.85. The van der Waals surface area contributed by atoms with Gasteiger partial charge in [-0.15, -0.1) is 0 Å². The molecule has 0 atom stereocenters. The molecular formula is C27H22N6O2. The van der Waals surface area contributed by atoms with Gasteiger partial charge in [-0.25, -0.2) is 9.67 Å². The largest absolute Gasteiger partial charge is 0.488 e. The number of hydrogen-bond acceptors (Lipinski definition) is 5. The van der Waals surface area contributed by atoms with Crippen LogP contribution in [0.5, 0.6) is 5.75 Å². The Morgan fingerprint density at radius 3 is 2.71 bits per heavy atom. The quantitative estimate of drug-likeness (QED) is 0.304. The van der Waals surface area contributed by atoms with E-state index in [2.05, 4.69) is 20.1 Å². The Morgan fingerprint density at radius 2 is 1.86 bits per heavy atom. The highest BCUT2D eigenvalue weighted by Crippen LogP contribution is 2.29. The van der Waals surface area contributed by atoms with E-state index < -0.39 is 0 Å². The van der Waals surface area contributed by atoms with Crippen LogP contribution in [0.1, 0.15) is 27.4 Å². The highest BCUT2D eigenvalue weighted by atomic mass is 16.5. The van der Waals surface area contributed by atoms with Crippen LogP contribution in [0.2, 0.25) is 0 Å². The first-order chi connectivity index (χ1) is 17.1. The van der Waals surface area contributed by atoms with Crippen LogP contribution in [0.25, 0.3) is 27.6 Å². The average molecular weight is 463 g/mol. The summed E-state index contributed by atoms with van der Waals surface area (Å²) in [7, 11) is 0. The predicted octanol–water partition coefficient (Wildman–Crippen LogP) is 4.93. The minimum atomic E-state index is -0.238. The molecule has 0 saturated carbocycles. The Kier molecular flexibility index (Phi) is 4.84. The second-order valence-electron chi connectivity index (χ2n) is 8.38. The SMILES string of the molecule is Cc1nc2ccc(-n3ncc(C(=O)c4cc5c(OCc6ccccc6)cccc5[nH]4)c3N)cc2[nH]1. The Morgan fingerprint density at radius 1 is 1.00 bits per heavy atom. The van der Waals surface area contributed by atoms with Gasteiger partial charge in [-0.2, -0.15) is 5.10 Å². The summed E-state index contributed by atoms with van der Waals surface area (Å²) in [5.74, 6) is 1.56. The maximum absolute atomic E-state index is 13.4. The number of H-pyrrole nitrogens is 2. The molecule has 8 nitrogen and oxygen atoms in total. The third-order valence-electron chi connectivity index (χ3n) is 5.99. The summed E-state index contributed by atoms with van der Waals surface area (Å²) >= 11 is 0. The van der Waals surface area contributed by atoms with Gasteiger partial charge < -0.3 is 20.4 Å². The molecular weight excluding hydrogens is 440 g/mol. The van der Waals surface area contributed by atoms with Crippen LogP contribution in [-0.2, 0) is 6.61 Å². The molecule has 0 aliphatic heterocycles. The second-order valence-corrected chi connectivity index (χ2v) is 8.38. The maximum Gasteiger partial charge on any atom is 0.214 e. The van der Waals surface area contributed by atoms with E-state index in [1.54, 1.807) is 10.7 Å². The first-order valence-electron chi connectivity index (χ1n) is 11.2. The van der Waals surface area contributed by atoms with E-state index in [1.165, 1.54) is 6.20 Å². The van der Waals surface area contributed by atoms with Crippen LogP contribution in [0.4, 0.5) is 5.82 Å². The zero-order valence-corrected chi connectivity index (χ0v) is 18.9. The van der Waals surface area contributed by atoms with Crippen molar-refractivity contribution in [3.05, 3.63) is 102 Å². The van der Waals surface area contributed by atoms with Gasteiger partial charge in [0.25, 0.3) is 0 Å². The van der Waals surface area contributed by atoms with Gasteiger partial charge >= 0.3 is 0 Å². The first-order valence-corrected chi connectivity index (χ1v) is 11.2. The number of nitrogens with zero attached hydrogens (tertiary/aromatic N) is 3. The monoisotopic (exact) mass is 462 g/mol. The molecule has 6 aromatic rings. The van der Waals surface area contributed by atoms with E-state index in [0.29, 0.717) is 23.6 Å². The van der Waals surface area contributed by atoms with Gasteiger partial charge in [0.2, 0.25) is 5.78 Å². The fraction of sp³-hybridized carbons (Fsp3) is 0.0741. The fourth-order valence-corrected chi connectivity index (χ4v) is 4.25. The molecule has 0 fully saturated rings. The molecule has 4 N–H and O–H groups in total. The predicted molar refractivity (Wildman–Crippen MR) is 135 cm³/mol. The molecule has 8 heteroatoms. The summed E-state index contributed by atoms with van der Waals surface area (Å²) in [5.41, 5.74) is 11.5. The van der Waals surface area contributed by atoms with Crippen molar-refractivity contribution in [2.45, 2.75) is 13.5 Å². The summed E-state index contributed by atoms with van der Waals surface area (Å²) in [6, 6.07) is 23.1. The second kappa shape index (κ2) is 8.18. The molecule has 35 heavy (non-hydrogen) atoms. The summed E-state index contributed by atoms with van der Waals surface area (Å²) in [5, 5.41) is 5.21. The zero-order chi connectivity index (χ0) is 23.9. The topological polar surface area (TPSA) is 115 Å². The summed E-state index contributed by atoms with van der Waals surface area (Å²) in [6.45, 7) is 2.34. The highest BCUT2D eigenvalue weighted by molar-refractivity contribution is 6.13. The van der Waals surface area contributed by atoms with Crippen molar-refractivity contribution in [3.8, 4) is 11.4 Å². The number of carbonyl (C=O) groups is 1. The van der Waals surface area contributed by atoms with Crippen LogP contribution < -0.4 is 10.5 Å². The van der Waals surface area contributed by atoms with Gasteiger partial charge in [0.15, 0.2) is 0 Å². The Balaban J connectivity index is 1.30. The molecule has 172 valence electrons. The van der Waals surface area contributed by atoms with Gasteiger partial charge in [0.1, 0.15) is 24.0 Å². The number of nitrogens with one attached hydrogen (secondary N) is 2. The number of nitrogens with two attached hydrogens (primary N) is 1. The van der Waals surface area contributed by atoms with Crippen molar-refractivity contribution in [2.75, 3.05) is 5.73 Å². The lowest BCUT2D eigenvalue weighted by Gasteiger charge is -2.07. The number of fused-ring (bicyclic) bond motifs is 2. The van der Waals surface area contributed by atoms with Crippen LogP contribution in [0.3, 0.4) is 0 Å². The number of nitrogen functional groups attached to an aromatic ring is 1. The van der Waals surface area contributed by atoms with Crippen LogP contribution in [-0.4, -0.2) is 30.5 Å².